The maximum Gasteiger partial charge on any atom is 0.259 e. The van der Waals surface area contributed by atoms with E-state index in [1.807, 2.05) is 0 Å². The summed E-state index contributed by atoms with van der Waals surface area (Å²) >= 11 is 0. The van der Waals surface area contributed by atoms with Crippen molar-refractivity contribution in [1.82, 2.24) is 9.57 Å². The molecule has 0 aliphatic carbocycles. The minimum Gasteiger partial charge on any atom is -0.321 e. The zero-order valence-electron chi connectivity index (χ0n) is 23.8. The molecule has 0 bridgehead atoms. The van der Waals surface area contributed by atoms with Crippen molar-refractivity contribution >= 4 is 14.8 Å². The second-order valence-corrected chi connectivity index (χ2v) is 11.7. The van der Waals surface area contributed by atoms with E-state index in [0.717, 1.165) is 38.6 Å². The number of hydrogen-bond donors (Lipinski definition) is 0. The first kappa shape index (κ1) is 34.4. The van der Waals surface area contributed by atoms with Crippen LogP contribution in [0.25, 0.3) is 0 Å². The number of unbranched alkanes of at least 4 members (excludes halogenated alkanes) is 11. The average Bonchev–Trinajstić information content (AvgIpc) is 3.22. The maximum absolute atomic E-state index is 10.1. The number of rotatable bonds is 20. The molecule has 35 heavy (non-hydrogen) atoms. The Bertz CT molecular complexity index is 520. The fourth-order valence-electron chi connectivity index (χ4n) is 4.29. The molecule has 7 heteroatoms. The van der Waals surface area contributed by atoms with Crippen molar-refractivity contribution in [3.05, 3.63) is 0 Å². The third kappa shape index (κ3) is 19.2. The van der Waals surface area contributed by atoms with Crippen molar-refractivity contribution in [3.63, 3.8) is 0 Å². The molecule has 0 aromatic rings. The van der Waals surface area contributed by atoms with Gasteiger partial charge in [0.25, 0.3) is 8.53 Å². The molecule has 1 rings (SSSR count). The maximum atomic E-state index is 10.1. The van der Waals surface area contributed by atoms with Crippen LogP contribution in [0.1, 0.15) is 125 Å². The van der Waals surface area contributed by atoms with Gasteiger partial charge in [-0.3, -0.25) is 0 Å². The van der Waals surface area contributed by atoms with Crippen molar-refractivity contribution in [2.24, 2.45) is 0 Å². The second-order valence-electron chi connectivity index (χ2n) is 10.3. The van der Waals surface area contributed by atoms with E-state index in [-0.39, 0.29) is 6.10 Å². The van der Waals surface area contributed by atoms with Crippen molar-refractivity contribution < 1.29 is 13.8 Å². The van der Waals surface area contributed by atoms with E-state index in [0.29, 0.717) is 25.1 Å². The summed E-state index contributed by atoms with van der Waals surface area (Å²) in [5.74, 6) is 0. The van der Waals surface area contributed by atoms with Gasteiger partial charge in [-0.1, -0.05) is 71.1 Å². The Balaban J connectivity index is 0.000000691. The first-order valence-corrected chi connectivity index (χ1v) is 15.4. The van der Waals surface area contributed by atoms with E-state index in [4.69, 9.17) is 14.3 Å². The molecule has 0 N–H and O–H groups in total. The second kappa shape index (κ2) is 23.8. The van der Waals surface area contributed by atoms with Gasteiger partial charge in [-0.05, 0) is 47.6 Å². The smallest absolute Gasteiger partial charge is 0.259 e. The number of carbonyl (C=O) groups is 1. The molecule has 0 radical (unpaired) electrons. The predicted octanol–water partition coefficient (Wildman–Crippen LogP) is 7.87. The molecule has 1 unspecified atom stereocenters. The fourth-order valence-corrected chi connectivity index (χ4v) is 6.03. The van der Waals surface area contributed by atoms with Crippen LogP contribution in [-0.4, -0.2) is 60.8 Å². The highest BCUT2D eigenvalue weighted by Crippen LogP contribution is 2.47. The van der Waals surface area contributed by atoms with Gasteiger partial charge in [-0.2, -0.15) is 5.26 Å². The summed E-state index contributed by atoms with van der Waals surface area (Å²) < 4.78 is 14.4. The van der Waals surface area contributed by atoms with E-state index in [1.165, 1.54) is 64.2 Å². The minimum absolute atomic E-state index is 0.244. The molecule has 0 aromatic carbocycles. The standard InChI is InChI=1S/C14H28N3O2P.C14H28O/c1-12(2)17(13(3)4)20(18-10-6-8-15)19-14-7-9-16(5)11-14;1-2-3-4-5-6-7-8-9-10-11-12-13-14-15/h12-14H,6-7,9-11H2,1-5H3;14H,2-13H2,1H3/t14-,20?;/m0./s1. The zero-order valence-corrected chi connectivity index (χ0v) is 24.7. The molecule has 0 amide bonds. The Morgan fingerprint density at radius 1 is 1.00 bits per heavy atom. The van der Waals surface area contributed by atoms with Gasteiger partial charge in [-0.25, -0.2) is 4.67 Å². The van der Waals surface area contributed by atoms with Crippen LogP contribution in [0.2, 0.25) is 0 Å². The normalized spacial score (nSPS) is 17.0. The van der Waals surface area contributed by atoms with Crippen LogP contribution in [0.15, 0.2) is 0 Å². The molecule has 1 fully saturated rings. The number of nitrogens with zero attached hydrogens (tertiary/aromatic N) is 3. The van der Waals surface area contributed by atoms with E-state index in [1.54, 1.807) is 0 Å². The molecule has 1 aliphatic heterocycles. The fraction of sp³-hybridized carbons (Fsp3) is 0.929. The highest BCUT2D eigenvalue weighted by Gasteiger charge is 2.31. The summed E-state index contributed by atoms with van der Waals surface area (Å²) in [6, 6.07) is 2.85. The molecule has 0 spiro atoms. The minimum atomic E-state index is -1.09. The summed E-state index contributed by atoms with van der Waals surface area (Å²) in [6.45, 7) is 13.4. The van der Waals surface area contributed by atoms with E-state index in [9.17, 15) is 4.79 Å². The zero-order chi connectivity index (χ0) is 26.3. The predicted molar refractivity (Wildman–Crippen MR) is 149 cm³/mol. The van der Waals surface area contributed by atoms with Gasteiger partial charge in [0.1, 0.15) is 6.29 Å². The molecule has 0 aromatic heterocycles. The molecule has 0 saturated carbocycles. The number of nitriles is 1. The molecule has 206 valence electrons. The van der Waals surface area contributed by atoms with Gasteiger partial charge >= 0.3 is 0 Å². The summed E-state index contributed by atoms with van der Waals surface area (Å²) in [7, 11) is 1.03. The topological polar surface area (TPSA) is 65.8 Å². The summed E-state index contributed by atoms with van der Waals surface area (Å²) in [5, 5.41) is 8.67. The lowest BCUT2D eigenvalue weighted by atomic mass is 10.1. The molecule has 1 saturated heterocycles. The lowest BCUT2D eigenvalue weighted by Crippen LogP contribution is -2.35. The Hall–Kier alpha value is -0.570. The Morgan fingerprint density at radius 2 is 1.54 bits per heavy atom. The lowest BCUT2D eigenvalue weighted by molar-refractivity contribution is -0.107. The van der Waals surface area contributed by atoms with Gasteiger partial charge in [0.2, 0.25) is 0 Å². The third-order valence-electron chi connectivity index (χ3n) is 6.18. The van der Waals surface area contributed by atoms with E-state index >= 15 is 0 Å². The van der Waals surface area contributed by atoms with Crippen LogP contribution in [0.5, 0.6) is 0 Å². The summed E-state index contributed by atoms with van der Waals surface area (Å²) in [6.07, 6.45) is 18.4. The van der Waals surface area contributed by atoms with Crippen molar-refractivity contribution in [2.75, 3.05) is 26.7 Å². The summed E-state index contributed by atoms with van der Waals surface area (Å²) in [4.78, 5) is 12.3. The highest BCUT2D eigenvalue weighted by molar-refractivity contribution is 7.44. The lowest BCUT2D eigenvalue weighted by Gasteiger charge is -2.36. The number of aldehydes is 1. The third-order valence-corrected chi connectivity index (χ3v) is 8.36. The summed E-state index contributed by atoms with van der Waals surface area (Å²) in [5.41, 5.74) is 0. The Kier molecular flexibility index (Phi) is 23.4. The van der Waals surface area contributed by atoms with Gasteiger partial charge in [0.05, 0.1) is 25.2 Å². The van der Waals surface area contributed by atoms with Crippen molar-refractivity contribution in [1.29, 1.82) is 5.26 Å². The van der Waals surface area contributed by atoms with Crippen LogP contribution in [0.4, 0.5) is 0 Å². The van der Waals surface area contributed by atoms with Crippen LogP contribution in [0, 0.1) is 11.3 Å². The first-order valence-electron chi connectivity index (χ1n) is 14.2. The Morgan fingerprint density at radius 3 is 1.97 bits per heavy atom. The monoisotopic (exact) mass is 513 g/mol. The Labute approximate surface area is 219 Å². The van der Waals surface area contributed by atoms with Gasteiger partial charge in [0.15, 0.2) is 0 Å². The largest absolute Gasteiger partial charge is 0.321 e. The number of carbonyl (C=O) groups excluding carboxylic acids is 1. The molecule has 1 heterocycles. The molecule has 6 nitrogen and oxygen atoms in total. The molecule has 1 aliphatic rings. The van der Waals surface area contributed by atoms with Crippen LogP contribution >= 0.6 is 8.53 Å². The number of likely N-dealkylation sites (N-methyl/N-ethyl adjacent to an activating group) is 1. The van der Waals surface area contributed by atoms with Gasteiger partial charge < -0.3 is 18.7 Å². The van der Waals surface area contributed by atoms with E-state index in [2.05, 4.69) is 57.3 Å². The van der Waals surface area contributed by atoms with Gasteiger partial charge in [-0.15, -0.1) is 0 Å². The molecular formula is C28H56N3O3P. The number of likely N-dealkylation sites (tertiary alicyclic amines) is 1. The van der Waals surface area contributed by atoms with Crippen molar-refractivity contribution in [3.8, 4) is 6.07 Å². The first-order chi connectivity index (χ1) is 16.9. The van der Waals surface area contributed by atoms with Crippen molar-refractivity contribution in [2.45, 2.75) is 143 Å². The SMILES string of the molecule is CC(C)N(C(C)C)P(OCCC#N)O[C@H]1CCN(C)C1.CCCCCCCCCCCCCC=O. The van der Waals surface area contributed by atoms with Crippen LogP contribution in [0.3, 0.4) is 0 Å². The molecular weight excluding hydrogens is 457 g/mol. The quantitative estimate of drug-likeness (QED) is 0.0937. The molecule has 2 atom stereocenters. The highest BCUT2D eigenvalue weighted by atomic mass is 31.2. The number of hydrogen-bond acceptors (Lipinski definition) is 6. The van der Waals surface area contributed by atoms with Crippen LogP contribution in [-0.2, 0) is 13.8 Å². The van der Waals surface area contributed by atoms with E-state index < -0.39 is 8.53 Å². The van der Waals surface area contributed by atoms with Crippen LogP contribution < -0.4 is 0 Å². The average molecular weight is 514 g/mol. The van der Waals surface area contributed by atoms with Gasteiger partial charge in [0, 0.05) is 31.6 Å².